The molecule has 0 aromatic heterocycles. The van der Waals surface area contributed by atoms with E-state index in [2.05, 4.69) is 5.32 Å². The Balaban J connectivity index is 2.85. The number of halogens is 4. The predicted octanol–water partition coefficient (Wildman–Crippen LogP) is 3.10. The second-order valence-corrected chi connectivity index (χ2v) is 6.17. The van der Waals surface area contributed by atoms with Crippen molar-refractivity contribution in [2.45, 2.75) is 19.5 Å². The van der Waals surface area contributed by atoms with Gasteiger partial charge in [0.1, 0.15) is 0 Å². The van der Waals surface area contributed by atoms with E-state index in [1.165, 1.54) is 11.0 Å². The van der Waals surface area contributed by atoms with Gasteiger partial charge in [0.2, 0.25) is 11.8 Å². The van der Waals surface area contributed by atoms with Crippen LogP contribution in [-0.2, 0) is 15.8 Å². The average molecular weight is 380 g/mol. The zero-order valence-electron chi connectivity index (χ0n) is 14.3. The van der Waals surface area contributed by atoms with Gasteiger partial charge in [-0.15, -0.1) is 0 Å². The summed E-state index contributed by atoms with van der Waals surface area (Å²) >= 11 is 5.61. The zero-order valence-corrected chi connectivity index (χ0v) is 15.0. The van der Waals surface area contributed by atoms with Crippen molar-refractivity contribution in [2.75, 3.05) is 39.0 Å². The monoisotopic (exact) mass is 379 g/mol. The van der Waals surface area contributed by atoms with Gasteiger partial charge >= 0.3 is 6.18 Å². The molecule has 0 aliphatic rings. The van der Waals surface area contributed by atoms with Crippen LogP contribution in [0.25, 0.3) is 0 Å². The molecule has 9 heteroatoms. The van der Waals surface area contributed by atoms with Crippen molar-refractivity contribution >= 4 is 29.1 Å². The Bertz CT molecular complexity index is 621. The Morgan fingerprint density at radius 1 is 1.20 bits per heavy atom. The van der Waals surface area contributed by atoms with Crippen molar-refractivity contribution in [3.05, 3.63) is 28.8 Å². The molecule has 0 atom stereocenters. The van der Waals surface area contributed by atoms with Crippen LogP contribution >= 0.6 is 11.6 Å². The van der Waals surface area contributed by atoms with Crippen LogP contribution in [0, 0.1) is 0 Å². The molecule has 0 heterocycles. The van der Waals surface area contributed by atoms with E-state index in [1.54, 1.807) is 19.0 Å². The van der Waals surface area contributed by atoms with Gasteiger partial charge in [-0.05, 0) is 31.2 Å². The van der Waals surface area contributed by atoms with Crippen LogP contribution in [0.3, 0.4) is 0 Å². The largest absolute Gasteiger partial charge is 0.418 e. The number of hydrogen-bond donors (Lipinski definition) is 1. The van der Waals surface area contributed by atoms with E-state index in [4.69, 9.17) is 11.6 Å². The number of benzene rings is 1. The number of nitrogens with zero attached hydrogens (tertiary/aromatic N) is 2. The SMILES string of the molecule is CCCN(CC(=O)Nc1ccc(Cl)cc1C(F)(F)F)CC(=O)N(C)C. The number of nitrogens with one attached hydrogen (secondary N) is 1. The lowest BCUT2D eigenvalue weighted by atomic mass is 10.1. The predicted molar refractivity (Wildman–Crippen MR) is 90.5 cm³/mol. The van der Waals surface area contributed by atoms with Crippen LogP contribution in [0.5, 0.6) is 0 Å². The number of anilines is 1. The van der Waals surface area contributed by atoms with E-state index in [-0.39, 0.29) is 29.7 Å². The highest BCUT2D eigenvalue weighted by Gasteiger charge is 2.34. The van der Waals surface area contributed by atoms with E-state index < -0.39 is 17.6 Å². The standard InChI is InChI=1S/C16H21ClF3N3O2/c1-4-7-23(10-15(25)22(2)3)9-14(24)21-13-6-5-11(17)8-12(13)16(18,19)20/h5-6,8H,4,7,9-10H2,1-3H3,(H,21,24). The first kappa shape index (κ1) is 21.2. The molecule has 0 aliphatic heterocycles. The number of carbonyl (C=O) groups is 2. The highest BCUT2D eigenvalue weighted by atomic mass is 35.5. The van der Waals surface area contributed by atoms with Crippen LogP contribution in [0.1, 0.15) is 18.9 Å². The van der Waals surface area contributed by atoms with E-state index in [0.717, 1.165) is 12.1 Å². The van der Waals surface area contributed by atoms with Gasteiger partial charge in [0.05, 0.1) is 24.3 Å². The summed E-state index contributed by atoms with van der Waals surface area (Å²) in [6, 6.07) is 3.14. The molecule has 0 spiro atoms. The summed E-state index contributed by atoms with van der Waals surface area (Å²) in [7, 11) is 3.19. The average Bonchev–Trinajstić information content (AvgIpc) is 2.48. The smallest absolute Gasteiger partial charge is 0.348 e. The highest BCUT2D eigenvalue weighted by molar-refractivity contribution is 6.30. The van der Waals surface area contributed by atoms with Gasteiger partial charge in [-0.3, -0.25) is 14.5 Å². The molecule has 0 fully saturated rings. The summed E-state index contributed by atoms with van der Waals surface area (Å²) in [6.45, 7) is 2.18. The summed E-state index contributed by atoms with van der Waals surface area (Å²) in [5.41, 5.74) is -1.38. The van der Waals surface area contributed by atoms with Crippen molar-refractivity contribution in [2.24, 2.45) is 0 Å². The van der Waals surface area contributed by atoms with Gasteiger partial charge in [0, 0.05) is 19.1 Å². The van der Waals surface area contributed by atoms with Crippen LogP contribution < -0.4 is 5.32 Å². The third-order valence-corrected chi connectivity index (χ3v) is 3.56. The van der Waals surface area contributed by atoms with Gasteiger partial charge in [-0.1, -0.05) is 18.5 Å². The van der Waals surface area contributed by atoms with Crippen LogP contribution in [-0.4, -0.2) is 55.3 Å². The van der Waals surface area contributed by atoms with Gasteiger partial charge < -0.3 is 10.2 Å². The normalized spacial score (nSPS) is 11.5. The topological polar surface area (TPSA) is 52.7 Å². The van der Waals surface area contributed by atoms with Crippen molar-refractivity contribution < 1.29 is 22.8 Å². The van der Waals surface area contributed by atoms with Crippen LogP contribution in [0.2, 0.25) is 5.02 Å². The van der Waals surface area contributed by atoms with Gasteiger partial charge in [0.15, 0.2) is 0 Å². The molecular formula is C16H21ClF3N3O2. The second-order valence-electron chi connectivity index (χ2n) is 5.73. The molecule has 1 N–H and O–H groups in total. The zero-order chi connectivity index (χ0) is 19.2. The number of amides is 2. The van der Waals surface area contributed by atoms with E-state index in [0.29, 0.717) is 13.0 Å². The van der Waals surface area contributed by atoms with Crippen molar-refractivity contribution in [3.8, 4) is 0 Å². The Morgan fingerprint density at radius 2 is 1.84 bits per heavy atom. The molecule has 5 nitrogen and oxygen atoms in total. The summed E-state index contributed by atoms with van der Waals surface area (Å²) in [6.07, 6.45) is -3.94. The first-order valence-electron chi connectivity index (χ1n) is 7.63. The van der Waals surface area contributed by atoms with Crippen molar-refractivity contribution in [1.82, 2.24) is 9.80 Å². The van der Waals surface area contributed by atoms with Gasteiger partial charge in [-0.2, -0.15) is 13.2 Å². The first-order valence-corrected chi connectivity index (χ1v) is 8.01. The summed E-state index contributed by atoms with van der Waals surface area (Å²) in [5.74, 6) is -0.823. The third kappa shape index (κ3) is 6.91. The maximum Gasteiger partial charge on any atom is 0.418 e. The van der Waals surface area contributed by atoms with Crippen molar-refractivity contribution in [3.63, 3.8) is 0 Å². The molecular weight excluding hydrogens is 359 g/mol. The fourth-order valence-electron chi connectivity index (χ4n) is 2.12. The fraction of sp³-hybridized carbons (Fsp3) is 0.500. The lowest BCUT2D eigenvalue weighted by Crippen LogP contribution is -2.41. The Labute approximate surface area is 149 Å². The molecule has 0 unspecified atom stereocenters. The van der Waals surface area contributed by atoms with Crippen molar-refractivity contribution in [1.29, 1.82) is 0 Å². The number of rotatable bonds is 7. The lowest BCUT2D eigenvalue weighted by Gasteiger charge is -2.23. The summed E-state index contributed by atoms with van der Waals surface area (Å²) < 4.78 is 39.2. The summed E-state index contributed by atoms with van der Waals surface area (Å²) in [4.78, 5) is 26.9. The molecule has 25 heavy (non-hydrogen) atoms. The summed E-state index contributed by atoms with van der Waals surface area (Å²) in [5, 5.41) is 2.18. The Morgan fingerprint density at radius 3 is 2.36 bits per heavy atom. The van der Waals surface area contributed by atoms with E-state index >= 15 is 0 Å². The van der Waals surface area contributed by atoms with E-state index in [9.17, 15) is 22.8 Å². The Kier molecular flexibility index (Phi) is 7.69. The molecule has 2 amide bonds. The molecule has 1 rings (SSSR count). The van der Waals surface area contributed by atoms with Gasteiger partial charge in [0.25, 0.3) is 0 Å². The fourth-order valence-corrected chi connectivity index (χ4v) is 2.29. The maximum absolute atomic E-state index is 13.1. The van der Waals surface area contributed by atoms with E-state index in [1.807, 2.05) is 6.92 Å². The Hall–Kier alpha value is -1.80. The molecule has 1 aromatic carbocycles. The molecule has 0 aliphatic carbocycles. The van der Waals surface area contributed by atoms with Crippen LogP contribution in [0.4, 0.5) is 18.9 Å². The lowest BCUT2D eigenvalue weighted by molar-refractivity contribution is -0.137. The first-order chi connectivity index (χ1) is 11.5. The second kappa shape index (κ2) is 9.05. The number of alkyl halides is 3. The number of hydrogen-bond acceptors (Lipinski definition) is 3. The molecule has 0 saturated heterocycles. The quantitative estimate of drug-likeness (QED) is 0.792. The highest BCUT2D eigenvalue weighted by Crippen LogP contribution is 2.36. The molecule has 1 aromatic rings. The number of carbonyl (C=O) groups excluding carboxylic acids is 2. The minimum atomic E-state index is -4.64. The minimum absolute atomic E-state index is 0.0149. The molecule has 0 radical (unpaired) electrons. The van der Waals surface area contributed by atoms with Crippen LogP contribution in [0.15, 0.2) is 18.2 Å². The molecule has 0 saturated carbocycles. The minimum Gasteiger partial charge on any atom is -0.348 e. The van der Waals surface area contributed by atoms with Gasteiger partial charge in [-0.25, -0.2) is 0 Å². The molecule has 0 bridgehead atoms. The maximum atomic E-state index is 13.1. The third-order valence-electron chi connectivity index (χ3n) is 3.33. The number of likely N-dealkylation sites (N-methyl/N-ethyl adjacent to an activating group) is 1. The molecule has 140 valence electrons.